The predicted octanol–water partition coefficient (Wildman–Crippen LogP) is 7.78. The largest absolute Gasteiger partial charge is 0.497 e. The third kappa shape index (κ3) is 6.09. The quantitative estimate of drug-likeness (QED) is 0.293. The fraction of sp³-hybridized carbons (Fsp3) is 0.276. The standard InChI is InChI=1S/C29H27Cl2FO5/c1-16(2)22-14-23(17-6-4-8-19(30)10-17)27(18-7-5-9-20(32)11-18)37-28(22)24-12-21(35-3)13-25(31)29(24)36-15-26(33)34/h4-13,22-23,27-28H,1,14-15H2,2-3H3,(H,33,34)/t22-,23-,27+,28+/m1/s1. The number of carboxylic acid groups (broad SMARTS) is 1. The highest BCUT2D eigenvalue weighted by Crippen LogP contribution is 2.54. The highest BCUT2D eigenvalue weighted by Gasteiger charge is 2.42. The van der Waals surface area contributed by atoms with E-state index in [1.807, 2.05) is 31.2 Å². The Balaban J connectivity index is 1.86. The van der Waals surface area contributed by atoms with Crippen molar-refractivity contribution in [3.8, 4) is 11.5 Å². The fourth-order valence-corrected chi connectivity index (χ4v) is 5.33. The summed E-state index contributed by atoms with van der Waals surface area (Å²) in [6, 6.07) is 17.1. The van der Waals surface area contributed by atoms with E-state index in [0.29, 0.717) is 28.3 Å². The normalized spacial score (nSPS) is 21.3. The van der Waals surface area contributed by atoms with E-state index in [9.17, 15) is 14.3 Å². The van der Waals surface area contributed by atoms with Crippen LogP contribution in [0.4, 0.5) is 4.39 Å². The second-order valence-electron chi connectivity index (χ2n) is 9.09. The lowest BCUT2D eigenvalue weighted by Gasteiger charge is -2.43. The summed E-state index contributed by atoms with van der Waals surface area (Å²) in [5.41, 5.74) is 3.01. The van der Waals surface area contributed by atoms with E-state index in [2.05, 4.69) is 6.58 Å². The highest BCUT2D eigenvalue weighted by molar-refractivity contribution is 6.32. The molecule has 0 bridgehead atoms. The first kappa shape index (κ1) is 27.0. The van der Waals surface area contributed by atoms with Crippen molar-refractivity contribution >= 4 is 29.2 Å². The van der Waals surface area contributed by atoms with Gasteiger partial charge in [-0.1, -0.05) is 59.6 Å². The van der Waals surface area contributed by atoms with Crippen molar-refractivity contribution in [1.82, 2.24) is 0 Å². The summed E-state index contributed by atoms with van der Waals surface area (Å²) in [5, 5.41) is 10.0. The Kier molecular flexibility index (Phi) is 8.42. The van der Waals surface area contributed by atoms with Gasteiger partial charge in [-0.3, -0.25) is 0 Å². The molecule has 194 valence electrons. The number of hydrogen-bond acceptors (Lipinski definition) is 4. The summed E-state index contributed by atoms with van der Waals surface area (Å²) in [6.45, 7) is 5.55. The molecule has 5 nitrogen and oxygen atoms in total. The van der Waals surface area contributed by atoms with Crippen LogP contribution in [0.1, 0.15) is 48.2 Å². The number of carbonyl (C=O) groups is 1. The Morgan fingerprint density at radius 1 is 1.11 bits per heavy atom. The number of rotatable bonds is 8. The van der Waals surface area contributed by atoms with Gasteiger partial charge in [0.15, 0.2) is 6.61 Å². The molecular formula is C29H27Cl2FO5. The first-order chi connectivity index (χ1) is 17.7. The topological polar surface area (TPSA) is 65.0 Å². The van der Waals surface area contributed by atoms with Gasteiger partial charge in [0.2, 0.25) is 0 Å². The molecule has 1 aliphatic heterocycles. The summed E-state index contributed by atoms with van der Waals surface area (Å²) >= 11 is 12.8. The van der Waals surface area contributed by atoms with Gasteiger partial charge in [-0.25, -0.2) is 9.18 Å². The number of halogens is 3. The van der Waals surface area contributed by atoms with Crippen molar-refractivity contribution in [3.05, 3.63) is 105 Å². The lowest BCUT2D eigenvalue weighted by molar-refractivity contribution is -0.139. The Morgan fingerprint density at radius 2 is 1.84 bits per heavy atom. The van der Waals surface area contributed by atoms with E-state index in [0.717, 1.165) is 11.1 Å². The molecule has 0 aliphatic carbocycles. The molecule has 4 atom stereocenters. The summed E-state index contributed by atoms with van der Waals surface area (Å²) in [4.78, 5) is 11.3. The molecule has 1 fully saturated rings. The average Bonchev–Trinajstić information content (AvgIpc) is 2.86. The minimum atomic E-state index is -1.14. The van der Waals surface area contributed by atoms with E-state index >= 15 is 0 Å². The van der Waals surface area contributed by atoms with Crippen LogP contribution in [0.15, 0.2) is 72.8 Å². The summed E-state index contributed by atoms with van der Waals surface area (Å²) in [7, 11) is 1.51. The first-order valence-corrected chi connectivity index (χ1v) is 12.5. The van der Waals surface area contributed by atoms with Crippen LogP contribution in [0.5, 0.6) is 11.5 Å². The van der Waals surface area contributed by atoms with Gasteiger partial charge in [0.05, 0.1) is 24.3 Å². The lowest BCUT2D eigenvalue weighted by atomic mass is 9.74. The van der Waals surface area contributed by atoms with Crippen LogP contribution >= 0.6 is 23.2 Å². The number of methoxy groups -OCH3 is 1. The summed E-state index contributed by atoms with van der Waals surface area (Å²) in [5.74, 6) is -1.23. The number of carboxylic acids is 1. The molecule has 37 heavy (non-hydrogen) atoms. The van der Waals surface area contributed by atoms with Gasteiger partial charge in [-0.05, 0) is 54.8 Å². The van der Waals surface area contributed by atoms with Crippen LogP contribution in [0.25, 0.3) is 0 Å². The molecule has 3 aromatic carbocycles. The molecule has 0 amide bonds. The van der Waals surface area contributed by atoms with E-state index in [4.69, 9.17) is 37.4 Å². The van der Waals surface area contributed by atoms with Gasteiger partial charge in [0, 0.05) is 28.5 Å². The van der Waals surface area contributed by atoms with E-state index in [-0.39, 0.29) is 28.4 Å². The van der Waals surface area contributed by atoms with Crippen LogP contribution in [0.2, 0.25) is 10.0 Å². The monoisotopic (exact) mass is 544 g/mol. The Bertz CT molecular complexity index is 1310. The molecule has 0 unspecified atom stereocenters. The molecule has 8 heteroatoms. The molecule has 0 radical (unpaired) electrons. The van der Waals surface area contributed by atoms with Crippen LogP contribution in [0.3, 0.4) is 0 Å². The molecule has 3 aromatic rings. The maximum absolute atomic E-state index is 14.3. The molecule has 0 saturated carbocycles. The zero-order valence-electron chi connectivity index (χ0n) is 20.4. The van der Waals surface area contributed by atoms with Crippen molar-refractivity contribution in [2.75, 3.05) is 13.7 Å². The molecule has 0 aromatic heterocycles. The van der Waals surface area contributed by atoms with Crippen molar-refractivity contribution in [1.29, 1.82) is 0 Å². The lowest BCUT2D eigenvalue weighted by Crippen LogP contribution is -2.32. The summed E-state index contributed by atoms with van der Waals surface area (Å²) < 4.78 is 32.2. The van der Waals surface area contributed by atoms with Gasteiger partial charge < -0.3 is 19.3 Å². The Labute approximate surface area is 225 Å². The minimum absolute atomic E-state index is 0.164. The fourth-order valence-electron chi connectivity index (χ4n) is 4.86. The van der Waals surface area contributed by atoms with Crippen molar-refractivity contribution in [2.45, 2.75) is 31.5 Å². The zero-order chi connectivity index (χ0) is 26.7. The molecule has 1 N–H and O–H groups in total. The first-order valence-electron chi connectivity index (χ1n) is 11.7. The average molecular weight is 545 g/mol. The van der Waals surface area contributed by atoms with Crippen molar-refractivity contribution in [2.24, 2.45) is 5.92 Å². The number of aliphatic carboxylic acids is 1. The summed E-state index contributed by atoms with van der Waals surface area (Å²) in [6.07, 6.45) is -0.570. The van der Waals surface area contributed by atoms with Crippen LogP contribution < -0.4 is 9.47 Å². The third-order valence-corrected chi connectivity index (χ3v) is 7.06. The number of hydrogen-bond donors (Lipinski definition) is 1. The molecule has 1 aliphatic rings. The zero-order valence-corrected chi connectivity index (χ0v) is 21.9. The molecular weight excluding hydrogens is 518 g/mol. The van der Waals surface area contributed by atoms with Gasteiger partial charge in [-0.15, -0.1) is 0 Å². The van der Waals surface area contributed by atoms with Crippen molar-refractivity contribution in [3.63, 3.8) is 0 Å². The molecule has 4 rings (SSSR count). The third-order valence-electron chi connectivity index (χ3n) is 6.55. The van der Waals surface area contributed by atoms with Crippen molar-refractivity contribution < 1.29 is 28.5 Å². The number of ether oxygens (including phenoxy) is 3. The van der Waals surface area contributed by atoms with Crippen LogP contribution in [-0.2, 0) is 9.53 Å². The second kappa shape index (κ2) is 11.5. The maximum atomic E-state index is 14.3. The van der Waals surface area contributed by atoms with Gasteiger partial charge >= 0.3 is 5.97 Å². The smallest absolute Gasteiger partial charge is 0.341 e. The van der Waals surface area contributed by atoms with Gasteiger partial charge in [-0.2, -0.15) is 0 Å². The Hall–Kier alpha value is -3.06. The molecule has 0 spiro atoms. The molecule has 1 saturated heterocycles. The van der Waals surface area contributed by atoms with E-state index in [1.54, 1.807) is 24.3 Å². The number of benzene rings is 3. The SMILES string of the molecule is C=C(C)[C@H]1C[C@H](c2cccc(Cl)c2)[C@H](c2cccc(F)c2)O[C@@H]1c1cc(OC)cc(Cl)c1OCC(=O)O. The maximum Gasteiger partial charge on any atom is 0.341 e. The van der Waals surface area contributed by atoms with E-state index < -0.39 is 24.8 Å². The van der Waals surface area contributed by atoms with E-state index in [1.165, 1.54) is 19.2 Å². The van der Waals surface area contributed by atoms with Crippen LogP contribution in [0, 0.1) is 11.7 Å². The minimum Gasteiger partial charge on any atom is -0.497 e. The van der Waals surface area contributed by atoms with Gasteiger partial charge in [0.25, 0.3) is 0 Å². The predicted molar refractivity (Wildman–Crippen MR) is 141 cm³/mol. The van der Waals surface area contributed by atoms with Gasteiger partial charge in [0.1, 0.15) is 17.3 Å². The highest BCUT2D eigenvalue weighted by atomic mass is 35.5. The van der Waals surface area contributed by atoms with Crippen LogP contribution in [-0.4, -0.2) is 24.8 Å². The second-order valence-corrected chi connectivity index (χ2v) is 9.94. The Morgan fingerprint density at radius 3 is 2.49 bits per heavy atom. The molecule has 1 heterocycles.